The van der Waals surface area contributed by atoms with Gasteiger partial charge in [-0.2, -0.15) is 0 Å². The van der Waals surface area contributed by atoms with Crippen LogP contribution in [-0.2, 0) is 5.41 Å². The lowest BCUT2D eigenvalue weighted by atomic mass is 9.93. The van der Waals surface area contributed by atoms with Gasteiger partial charge in [-0.1, -0.05) is 20.8 Å². The summed E-state index contributed by atoms with van der Waals surface area (Å²) < 4.78 is 1.47. The first kappa shape index (κ1) is 7.12. The van der Waals surface area contributed by atoms with Gasteiger partial charge in [-0.3, -0.25) is 4.68 Å². The average Bonchev–Trinajstić information content (AvgIpc) is 2.11. The van der Waals surface area contributed by atoms with Gasteiger partial charge in [-0.05, 0) is 0 Å². The van der Waals surface area contributed by atoms with Gasteiger partial charge >= 0.3 is 0 Å². The summed E-state index contributed by atoms with van der Waals surface area (Å²) >= 11 is 0. The largest absolute Gasteiger partial charge is 0.338 e. The Kier molecular flexibility index (Phi) is 1.43. The van der Waals surface area contributed by atoms with Gasteiger partial charge in [0.05, 0.1) is 5.69 Å². The van der Waals surface area contributed by atoms with E-state index >= 15 is 0 Å². The van der Waals surface area contributed by atoms with E-state index in [2.05, 4.69) is 25.8 Å². The zero-order chi connectivity index (χ0) is 7.78. The second kappa shape index (κ2) is 2.01. The van der Waals surface area contributed by atoms with Crippen molar-refractivity contribution in [2.45, 2.75) is 26.2 Å². The molecule has 0 aliphatic carbocycles. The molecule has 0 unspecified atom stereocenters. The predicted molar refractivity (Wildman–Crippen MR) is 41.1 cm³/mol. The minimum absolute atomic E-state index is 0.102. The number of rotatable bonds is 0. The van der Waals surface area contributed by atoms with Crippen molar-refractivity contribution in [2.24, 2.45) is 0 Å². The molecule has 0 aliphatic heterocycles. The molecular formula is C7H13N3. The quantitative estimate of drug-likeness (QED) is 0.542. The van der Waals surface area contributed by atoms with Gasteiger partial charge in [-0.25, -0.2) is 4.98 Å². The molecule has 1 rings (SSSR count). The van der Waals surface area contributed by atoms with Crippen molar-refractivity contribution in [1.82, 2.24) is 9.66 Å². The molecule has 1 heterocycles. The maximum atomic E-state index is 5.43. The topological polar surface area (TPSA) is 43.8 Å². The van der Waals surface area contributed by atoms with Crippen LogP contribution in [0.25, 0.3) is 0 Å². The second-order valence-electron chi connectivity index (χ2n) is 3.46. The number of hydrogen-bond donors (Lipinski definition) is 1. The Morgan fingerprint density at radius 2 is 2.10 bits per heavy atom. The molecule has 0 bridgehead atoms. The maximum Gasteiger partial charge on any atom is 0.114 e. The molecule has 3 nitrogen and oxygen atoms in total. The third kappa shape index (κ3) is 1.29. The molecule has 0 saturated carbocycles. The van der Waals surface area contributed by atoms with Gasteiger partial charge in [0.1, 0.15) is 6.33 Å². The maximum absolute atomic E-state index is 5.43. The molecule has 0 spiro atoms. The first-order chi connectivity index (χ1) is 4.50. The van der Waals surface area contributed by atoms with Crippen LogP contribution in [0.5, 0.6) is 0 Å². The van der Waals surface area contributed by atoms with Gasteiger partial charge in [-0.15, -0.1) is 0 Å². The van der Waals surface area contributed by atoms with E-state index in [9.17, 15) is 0 Å². The van der Waals surface area contributed by atoms with Crippen molar-refractivity contribution in [1.29, 1.82) is 0 Å². The molecule has 56 valence electrons. The molecule has 2 N–H and O–H groups in total. The van der Waals surface area contributed by atoms with Crippen molar-refractivity contribution in [2.75, 3.05) is 5.84 Å². The summed E-state index contributed by atoms with van der Waals surface area (Å²) in [4.78, 5) is 4.12. The standard InChI is InChI=1S/C7H13N3/c1-7(2,3)6-4-10(8)5-9-6/h4-5H,8H2,1-3H3. The highest BCUT2D eigenvalue weighted by Crippen LogP contribution is 2.18. The van der Waals surface area contributed by atoms with E-state index in [-0.39, 0.29) is 5.41 Å². The molecule has 0 amide bonds. The molecule has 3 heteroatoms. The predicted octanol–water partition coefficient (Wildman–Crippen LogP) is 0.894. The summed E-state index contributed by atoms with van der Waals surface area (Å²) in [5.74, 6) is 5.43. The van der Waals surface area contributed by atoms with Crippen LogP contribution in [0.1, 0.15) is 26.5 Å². The average molecular weight is 139 g/mol. The number of aromatic nitrogens is 2. The lowest BCUT2D eigenvalue weighted by molar-refractivity contribution is 0.572. The van der Waals surface area contributed by atoms with Crippen LogP contribution in [0.3, 0.4) is 0 Å². The Balaban J connectivity index is 2.96. The van der Waals surface area contributed by atoms with Gasteiger partial charge in [0, 0.05) is 11.6 Å². The van der Waals surface area contributed by atoms with Crippen LogP contribution in [0, 0.1) is 0 Å². The zero-order valence-electron chi connectivity index (χ0n) is 6.63. The lowest BCUT2D eigenvalue weighted by Crippen LogP contribution is -2.12. The minimum Gasteiger partial charge on any atom is -0.338 e. The third-order valence-electron chi connectivity index (χ3n) is 1.37. The van der Waals surface area contributed by atoms with Crippen molar-refractivity contribution in [3.05, 3.63) is 18.2 Å². The summed E-state index contributed by atoms with van der Waals surface area (Å²) in [5, 5.41) is 0. The zero-order valence-corrected chi connectivity index (χ0v) is 6.63. The molecule has 1 aromatic heterocycles. The van der Waals surface area contributed by atoms with Crippen LogP contribution < -0.4 is 5.84 Å². The highest BCUT2D eigenvalue weighted by Gasteiger charge is 2.15. The molecular weight excluding hydrogens is 126 g/mol. The Hall–Kier alpha value is -0.990. The fourth-order valence-corrected chi connectivity index (χ4v) is 0.724. The Bertz CT molecular complexity index is 219. The smallest absolute Gasteiger partial charge is 0.114 e. The van der Waals surface area contributed by atoms with Crippen molar-refractivity contribution in [3.63, 3.8) is 0 Å². The summed E-state index contributed by atoms with van der Waals surface area (Å²) in [7, 11) is 0. The van der Waals surface area contributed by atoms with Crippen LogP contribution in [0.15, 0.2) is 12.5 Å². The van der Waals surface area contributed by atoms with Crippen LogP contribution in [-0.4, -0.2) is 9.66 Å². The first-order valence-corrected chi connectivity index (χ1v) is 3.30. The monoisotopic (exact) mass is 139 g/mol. The summed E-state index contributed by atoms with van der Waals surface area (Å²) in [6.45, 7) is 6.32. The fraction of sp³-hybridized carbons (Fsp3) is 0.571. The molecule has 0 saturated heterocycles. The van der Waals surface area contributed by atoms with Gasteiger partial charge in [0.15, 0.2) is 0 Å². The molecule has 0 aromatic carbocycles. The minimum atomic E-state index is 0.102. The molecule has 0 atom stereocenters. The first-order valence-electron chi connectivity index (χ1n) is 3.30. The SMILES string of the molecule is CC(C)(C)c1cn(N)cn1. The Morgan fingerprint density at radius 1 is 1.50 bits per heavy atom. The van der Waals surface area contributed by atoms with Crippen LogP contribution in [0.4, 0.5) is 0 Å². The summed E-state index contributed by atoms with van der Waals surface area (Å²) in [6, 6.07) is 0. The molecule has 0 radical (unpaired) electrons. The van der Waals surface area contributed by atoms with Crippen molar-refractivity contribution >= 4 is 0 Å². The van der Waals surface area contributed by atoms with E-state index in [1.807, 2.05) is 6.20 Å². The fourth-order valence-electron chi connectivity index (χ4n) is 0.724. The summed E-state index contributed by atoms with van der Waals surface area (Å²) in [5.41, 5.74) is 1.12. The highest BCUT2D eigenvalue weighted by molar-refractivity contribution is 5.08. The molecule has 0 aliphatic rings. The van der Waals surface area contributed by atoms with E-state index in [1.165, 1.54) is 4.68 Å². The van der Waals surface area contributed by atoms with Crippen LogP contribution in [0.2, 0.25) is 0 Å². The third-order valence-corrected chi connectivity index (χ3v) is 1.37. The molecule has 1 aromatic rings. The highest BCUT2D eigenvalue weighted by atomic mass is 15.3. The normalized spacial score (nSPS) is 11.9. The van der Waals surface area contributed by atoms with Gasteiger partial charge in [0.2, 0.25) is 0 Å². The lowest BCUT2D eigenvalue weighted by Gasteiger charge is -2.13. The van der Waals surface area contributed by atoms with E-state index in [0.29, 0.717) is 0 Å². The van der Waals surface area contributed by atoms with E-state index < -0.39 is 0 Å². The number of imidazole rings is 1. The van der Waals surface area contributed by atoms with Crippen molar-refractivity contribution < 1.29 is 0 Å². The summed E-state index contributed by atoms with van der Waals surface area (Å²) in [6.07, 6.45) is 3.45. The number of nitrogens with zero attached hydrogens (tertiary/aromatic N) is 2. The van der Waals surface area contributed by atoms with E-state index in [1.54, 1.807) is 6.33 Å². The number of hydrogen-bond acceptors (Lipinski definition) is 2. The molecule has 10 heavy (non-hydrogen) atoms. The molecule has 0 fully saturated rings. The van der Waals surface area contributed by atoms with Gasteiger partial charge in [0.25, 0.3) is 0 Å². The number of nitrogen functional groups attached to an aromatic ring is 1. The second-order valence-corrected chi connectivity index (χ2v) is 3.46. The Morgan fingerprint density at radius 3 is 2.30 bits per heavy atom. The number of nitrogens with two attached hydrogens (primary N) is 1. The van der Waals surface area contributed by atoms with E-state index in [0.717, 1.165) is 5.69 Å². The van der Waals surface area contributed by atoms with Gasteiger partial charge < -0.3 is 5.84 Å². The van der Waals surface area contributed by atoms with Crippen molar-refractivity contribution in [3.8, 4) is 0 Å². The Labute approximate surface area is 60.8 Å². The van der Waals surface area contributed by atoms with E-state index in [4.69, 9.17) is 5.84 Å². The van der Waals surface area contributed by atoms with Crippen LogP contribution >= 0.6 is 0 Å².